The zero-order valence-electron chi connectivity index (χ0n) is 4.86. The first-order chi connectivity index (χ1) is 2.41. The van der Waals surface area contributed by atoms with E-state index < -0.39 is 0 Å². The van der Waals surface area contributed by atoms with Gasteiger partial charge in [0.05, 0.1) is 0 Å². The standard InChI is InChI=1S/C4H10N.Si.Ti/c1-3-5-4-2;;/h3-4H2,1-2H3;;/q-1;;. The second kappa shape index (κ2) is 15.8. The molecule has 0 rings (SSSR count). The van der Waals surface area contributed by atoms with E-state index in [0.29, 0.717) is 0 Å². The molecule has 4 radical (unpaired) electrons. The molecule has 0 aromatic rings. The number of rotatable bonds is 2. The average molecular weight is 148 g/mol. The van der Waals surface area contributed by atoms with Gasteiger partial charge in [-0.05, 0) is 0 Å². The zero-order chi connectivity index (χ0) is 4.12. The fourth-order valence-electron chi connectivity index (χ4n) is 0.224. The van der Waals surface area contributed by atoms with Gasteiger partial charge in [0, 0.05) is 32.7 Å². The molecule has 1 nitrogen and oxygen atoms in total. The van der Waals surface area contributed by atoms with Crippen molar-refractivity contribution in [2.45, 2.75) is 13.8 Å². The molecule has 0 bridgehead atoms. The third-order valence-corrected chi connectivity index (χ3v) is 0.447. The second-order valence-electron chi connectivity index (χ2n) is 0.856. The van der Waals surface area contributed by atoms with Gasteiger partial charge >= 0.3 is 0 Å². The van der Waals surface area contributed by atoms with Crippen LogP contribution in [0.15, 0.2) is 0 Å². The summed E-state index contributed by atoms with van der Waals surface area (Å²) in [4.78, 5) is 0. The molecule has 0 saturated carbocycles. The summed E-state index contributed by atoms with van der Waals surface area (Å²) in [5.41, 5.74) is 0. The molecule has 0 saturated heterocycles. The molecule has 7 heavy (non-hydrogen) atoms. The van der Waals surface area contributed by atoms with Crippen molar-refractivity contribution in [1.29, 1.82) is 0 Å². The van der Waals surface area contributed by atoms with E-state index in [1.165, 1.54) is 0 Å². The van der Waals surface area contributed by atoms with Crippen molar-refractivity contribution in [3.05, 3.63) is 5.32 Å². The van der Waals surface area contributed by atoms with Gasteiger partial charge in [0.1, 0.15) is 0 Å². The van der Waals surface area contributed by atoms with Crippen LogP contribution < -0.4 is 0 Å². The SMILES string of the molecule is CC[N-]CC.[Si].[Ti]. The Bertz CT molecular complexity index is 19.2. The zero-order valence-corrected chi connectivity index (χ0v) is 7.42. The molecule has 0 fully saturated rings. The van der Waals surface area contributed by atoms with Crippen LogP contribution in [0.4, 0.5) is 0 Å². The van der Waals surface area contributed by atoms with Crippen LogP contribution in [-0.4, -0.2) is 24.1 Å². The predicted molar refractivity (Wildman–Crippen MR) is 30.2 cm³/mol. The molecule has 0 spiro atoms. The largest absolute Gasteiger partial charge is 0.663 e. The molecule has 0 aliphatic carbocycles. The normalized spacial score (nSPS) is 6.00. The van der Waals surface area contributed by atoms with Crippen LogP contribution >= 0.6 is 0 Å². The average Bonchev–Trinajstić information content (AvgIpc) is 1.41. The molecular formula is C4H10NSiTi-. The predicted octanol–water partition coefficient (Wildman–Crippen LogP) is 1.02. The van der Waals surface area contributed by atoms with Crippen LogP contribution in [0.5, 0.6) is 0 Å². The molecule has 0 unspecified atom stereocenters. The Hall–Kier alpha value is 0.891. The Balaban J connectivity index is -0.0000000800. The van der Waals surface area contributed by atoms with E-state index >= 15 is 0 Å². The number of hydrogen-bond donors (Lipinski definition) is 0. The van der Waals surface area contributed by atoms with Crippen molar-refractivity contribution in [3.63, 3.8) is 0 Å². The van der Waals surface area contributed by atoms with E-state index in [4.69, 9.17) is 0 Å². The maximum absolute atomic E-state index is 3.97. The van der Waals surface area contributed by atoms with Crippen molar-refractivity contribution >= 4 is 11.0 Å². The summed E-state index contributed by atoms with van der Waals surface area (Å²) >= 11 is 0. The topological polar surface area (TPSA) is 14.1 Å². The van der Waals surface area contributed by atoms with Crippen molar-refractivity contribution in [1.82, 2.24) is 0 Å². The first-order valence-corrected chi connectivity index (χ1v) is 2.05. The molecular weight excluding hydrogens is 138 g/mol. The summed E-state index contributed by atoms with van der Waals surface area (Å²) in [6.07, 6.45) is 0. The number of hydrogen-bond acceptors (Lipinski definition) is 0. The van der Waals surface area contributed by atoms with E-state index in [9.17, 15) is 0 Å². The summed E-state index contributed by atoms with van der Waals surface area (Å²) in [6.45, 7) is 6.03. The van der Waals surface area contributed by atoms with E-state index in [-0.39, 0.29) is 32.7 Å². The molecule has 3 heteroatoms. The van der Waals surface area contributed by atoms with Gasteiger partial charge < -0.3 is 5.32 Å². The molecule has 0 atom stereocenters. The molecule has 0 amide bonds. The first kappa shape index (κ1) is 15.7. The van der Waals surface area contributed by atoms with Crippen LogP contribution in [0, 0.1) is 0 Å². The van der Waals surface area contributed by atoms with Crippen LogP contribution in [0.1, 0.15) is 13.8 Å². The van der Waals surface area contributed by atoms with Gasteiger partial charge in [-0.1, -0.05) is 13.8 Å². The van der Waals surface area contributed by atoms with Gasteiger partial charge in [-0.2, -0.15) is 13.1 Å². The summed E-state index contributed by atoms with van der Waals surface area (Å²) in [7, 11) is 0. The molecule has 0 N–H and O–H groups in total. The van der Waals surface area contributed by atoms with Gasteiger partial charge in [0.25, 0.3) is 0 Å². The Morgan fingerprint density at radius 3 is 1.43 bits per heavy atom. The van der Waals surface area contributed by atoms with Crippen molar-refractivity contribution in [3.8, 4) is 0 Å². The molecule has 40 valence electrons. The van der Waals surface area contributed by atoms with Gasteiger partial charge in [-0.25, -0.2) is 0 Å². The van der Waals surface area contributed by atoms with E-state index in [2.05, 4.69) is 5.32 Å². The monoisotopic (exact) mass is 148 g/mol. The maximum Gasteiger partial charge on any atom is 0 e. The minimum absolute atomic E-state index is 0. The van der Waals surface area contributed by atoms with E-state index in [0.717, 1.165) is 13.1 Å². The Morgan fingerprint density at radius 1 is 1.14 bits per heavy atom. The van der Waals surface area contributed by atoms with Gasteiger partial charge in [0.2, 0.25) is 0 Å². The van der Waals surface area contributed by atoms with Gasteiger partial charge in [0.15, 0.2) is 0 Å². The quantitative estimate of drug-likeness (QED) is 0.519. The van der Waals surface area contributed by atoms with Gasteiger partial charge in [-0.3, -0.25) is 0 Å². The van der Waals surface area contributed by atoms with Crippen LogP contribution in [0.25, 0.3) is 5.32 Å². The first-order valence-electron chi connectivity index (χ1n) is 2.05. The summed E-state index contributed by atoms with van der Waals surface area (Å²) < 4.78 is 0. The minimum Gasteiger partial charge on any atom is -0.663 e. The third kappa shape index (κ3) is 19.7. The second-order valence-corrected chi connectivity index (χ2v) is 0.856. The minimum atomic E-state index is 0. The molecule has 0 heterocycles. The molecule has 0 aliphatic rings. The molecule has 0 aromatic heterocycles. The van der Waals surface area contributed by atoms with E-state index in [1.807, 2.05) is 13.8 Å². The maximum atomic E-state index is 3.97. The Kier molecular flexibility index (Phi) is 35.3. The van der Waals surface area contributed by atoms with Crippen molar-refractivity contribution in [2.24, 2.45) is 0 Å². The fourth-order valence-corrected chi connectivity index (χ4v) is 0.224. The van der Waals surface area contributed by atoms with Crippen LogP contribution in [0.2, 0.25) is 0 Å². The third-order valence-electron chi connectivity index (χ3n) is 0.447. The summed E-state index contributed by atoms with van der Waals surface area (Å²) in [5.74, 6) is 0. The summed E-state index contributed by atoms with van der Waals surface area (Å²) in [5, 5.41) is 3.97. The van der Waals surface area contributed by atoms with E-state index in [1.54, 1.807) is 0 Å². The summed E-state index contributed by atoms with van der Waals surface area (Å²) in [6, 6.07) is 0. The Morgan fingerprint density at radius 2 is 1.43 bits per heavy atom. The van der Waals surface area contributed by atoms with Crippen LogP contribution in [-0.2, 0) is 21.7 Å². The number of nitrogens with zero attached hydrogens (tertiary/aromatic N) is 1. The smallest absolute Gasteiger partial charge is 0 e. The molecule has 0 aliphatic heterocycles. The van der Waals surface area contributed by atoms with Crippen molar-refractivity contribution in [2.75, 3.05) is 13.1 Å². The fraction of sp³-hybridized carbons (Fsp3) is 1.00. The van der Waals surface area contributed by atoms with Crippen molar-refractivity contribution < 1.29 is 21.7 Å². The Labute approximate surface area is 65.2 Å². The van der Waals surface area contributed by atoms with Gasteiger partial charge in [-0.15, -0.1) is 0 Å². The molecule has 0 aromatic carbocycles. The van der Waals surface area contributed by atoms with Crippen LogP contribution in [0.3, 0.4) is 0 Å².